The molecule has 7 nitrogen and oxygen atoms in total. The molecule has 1 N–H and O–H groups in total. The predicted octanol–water partition coefficient (Wildman–Crippen LogP) is 2.23. The summed E-state index contributed by atoms with van der Waals surface area (Å²) in [5.74, 6) is 0.894. The molecular formula is C14H14N4O3S. The molecule has 3 rings (SSSR count). The smallest absolute Gasteiger partial charge is 0.284 e. The molecule has 1 aliphatic carbocycles. The summed E-state index contributed by atoms with van der Waals surface area (Å²) in [6.07, 6.45) is 3.47. The van der Waals surface area contributed by atoms with Crippen LogP contribution in [0.25, 0.3) is 11.7 Å². The van der Waals surface area contributed by atoms with Crippen LogP contribution in [-0.2, 0) is 4.79 Å². The maximum Gasteiger partial charge on any atom is 0.284 e. The standard InChI is InChI=1S/C14H14N4O3S/c1-14(8-15,9-4-5-9)16-11(19)7-22-13-18-17-12(21-13)10-3-2-6-20-10/h2-3,6,9H,4-5,7H2,1H3,(H,16,19). The molecule has 0 bridgehead atoms. The highest BCUT2D eigenvalue weighted by molar-refractivity contribution is 7.99. The van der Waals surface area contributed by atoms with Crippen LogP contribution in [0.1, 0.15) is 19.8 Å². The Kier molecular flexibility index (Phi) is 3.90. The zero-order chi connectivity index (χ0) is 15.6. The minimum Gasteiger partial charge on any atom is -0.459 e. The second-order valence-electron chi connectivity index (χ2n) is 5.28. The molecule has 0 aromatic carbocycles. The molecular weight excluding hydrogens is 304 g/mol. The molecule has 0 aliphatic heterocycles. The first kappa shape index (κ1) is 14.7. The number of furan rings is 1. The van der Waals surface area contributed by atoms with E-state index in [9.17, 15) is 10.1 Å². The van der Waals surface area contributed by atoms with Gasteiger partial charge in [-0.1, -0.05) is 11.8 Å². The molecule has 0 radical (unpaired) electrons. The number of carbonyl (C=O) groups excluding carboxylic acids is 1. The zero-order valence-corrected chi connectivity index (χ0v) is 12.7. The van der Waals surface area contributed by atoms with E-state index in [0.29, 0.717) is 5.76 Å². The quantitative estimate of drug-likeness (QED) is 0.814. The maximum atomic E-state index is 12.0. The van der Waals surface area contributed by atoms with Crippen LogP contribution >= 0.6 is 11.8 Å². The molecule has 2 aromatic rings. The van der Waals surface area contributed by atoms with Gasteiger partial charge in [-0.15, -0.1) is 10.2 Å². The van der Waals surface area contributed by atoms with Crippen molar-refractivity contribution in [1.82, 2.24) is 15.5 Å². The number of nitrogens with zero attached hydrogens (tertiary/aromatic N) is 3. The van der Waals surface area contributed by atoms with Crippen molar-refractivity contribution in [2.24, 2.45) is 5.92 Å². The Labute approximate surface area is 131 Å². The van der Waals surface area contributed by atoms with Crippen LogP contribution in [-0.4, -0.2) is 27.4 Å². The largest absolute Gasteiger partial charge is 0.459 e. The van der Waals surface area contributed by atoms with Crippen molar-refractivity contribution in [2.45, 2.75) is 30.5 Å². The lowest BCUT2D eigenvalue weighted by atomic mass is 9.98. The van der Waals surface area contributed by atoms with E-state index in [1.165, 1.54) is 6.26 Å². The number of hydrogen-bond acceptors (Lipinski definition) is 7. The van der Waals surface area contributed by atoms with Gasteiger partial charge in [0, 0.05) is 0 Å². The molecule has 2 heterocycles. The molecule has 1 atom stereocenters. The van der Waals surface area contributed by atoms with Gasteiger partial charge in [0.05, 0.1) is 18.1 Å². The molecule has 1 saturated carbocycles. The highest BCUT2D eigenvalue weighted by Crippen LogP contribution is 2.39. The molecule has 1 aliphatic rings. The third-order valence-electron chi connectivity index (χ3n) is 3.49. The molecule has 1 amide bonds. The molecule has 22 heavy (non-hydrogen) atoms. The van der Waals surface area contributed by atoms with E-state index >= 15 is 0 Å². The van der Waals surface area contributed by atoms with Crippen molar-refractivity contribution in [1.29, 1.82) is 5.26 Å². The molecule has 2 aromatic heterocycles. The van der Waals surface area contributed by atoms with Crippen LogP contribution in [0.5, 0.6) is 0 Å². The van der Waals surface area contributed by atoms with Crippen LogP contribution in [0, 0.1) is 17.2 Å². The molecule has 114 valence electrons. The van der Waals surface area contributed by atoms with Crippen LogP contribution < -0.4 is 5.32 Å². The van der Waals surface area contributed by atoms with E-state index in [-0.39, 0.29) is 28.7 Å². The van der Waals surface area contributed by atoms with E-state index in [0.717, 1.165) is 24.6 Å². The van der Waals surface area contributed by atoms with Gasteiger partial charge in [0.15, 0.2) is 5.76 Å². The van der Waals surface area contributed by atoms with Gasteiger partial charge in [-0.2, -0.15) is 5.26 Å². The topological polar surface area (TPSA) is 105 Å². The van der Waals surface area contributed by atoms with Crippen LogP contribution in [0.2, 0.25) is 0 Å². The second kappa shape index (κ2) is 5.85. The monoisotopic (exact) mass is 318 g/mol. The summed E-state index contributed by atoms with van der Waals surface area (Å²) in [5, 5.41) is 20.0. The van der Waals surface area contributed by atoms with Gasteiger partial charge in [-0.05, 0) is 37.8 Å². The van der Waals surface area contributed by atoms with Gasteiger partial charge in [-0.3, -0.25) is 4.79 Å². The van der Waals surface area contributed by atoms with Crippen molar-refractivity contribution < 1.29 is 13.6 Å². The number of amides is 1. The number of nitriles is 1. The fourth-order valence-electron chi connectivity index (χ4n) is 2.10. The number of nitrogens with one attached hydrogen (secondary N) is 1. The first-order valence-corrected chi connectivity index (χ1v) is 7.82. The fraction of sp³-hybridized carbons (Fsp3) is 0.429. The van der Waals surface area contributed by atoms with Crippen molar-refractivity contribution >= 4 is 17.7 Å². The minimum absolute atomic E-state index is 0.115. The van der Waals surface area contributed by atoms with Crippen LogP contribution in [0.4, 0.5) is 0 Å². The number of aromatic nitrogens is 2. The lowest BCUT2D eigenvalue weighted by Crippen LogP contribution is -2.47. The Morgan fingerprint density at radius 1 is 1.59 bits per heavy atom. The number of carbonyl (C=O) groups is 1. The van der Waals surface area contributed by atoms with E-state index in [1.807, 2.05) is 0 Å². The average molecular weight is 318 g/mol. The zero-order valence-electron chi connectivity index (χ0n) is 11.9. The number of thioether (sulfide) groups is 1. The Morgan fingerprint density at radius 3 is 3.05 bits per heavy atom. The molecule has 1 fully saturated rings. The Hall–Kier alpha value is -2.27. The van der Waals surface area contributed by atoms with Crippen molar-refractivity contribution in [3.05, 3.63) is 18.4 Å². The Morgan fingerprint density at radius 2 is 2.41 bits per heavy atom. The van der Waals surface area contributed by atoms with E-state index in [1.54, 1.807) is 19.1 Å². The Bertz CT molecular complexity index is 702. The normalized spacial score (nSPS) is 16.7. The summed E-state index contributed by atoms with van der Waals surface area (Å²) in [7, 11) is 0. The van der Waals surface area contributed by atoms with Gasteiger partial charge in [0.1, 0.15) is 5.54 Å². The van der Waals surface area contributed by atoms with Crippen molar-refractivity contribution in [3.63, 3.8) is 0 Å². The van der Waals surface area contributed by atoms with E-state index in [4.69, 9.17) is 8.83 Å². The molecule has 1 unspecified atom stereocenters. The maximum absolute atomic E-state index is 12.0. The summed E-state index contributed by atoms with van der Waals surface area (Å²) >= 11 is 1.13. The SMILES string of the molecule is CC(C#N)(NC(=O)CSc1nnc(-c2ccco2)o1)C1CC1. The Balaban J connectivity index is 1.54. The van der Waals surface area contributed by atoms with Gasteiger partial charge >= 0.3 is 0 Å². The van der Waals surface area contributed by atoms with Gasteiger partial charge in [-0.25, -0.2) is 0 Å². The van der Waals surface area contributed by atoms with Gasteiger partial charge < -0.3 is 14.2 Å². The molecule has 8 heteroatoms. The summed E-state index contributed by atoms with van der Waals surface area (Å²) < 4.78 is 10.5. The lowest BCUT2D eigenvalue weighted by molar-refractivity contribution is -0.119. The number of hydrogen-bond donors (Lipinski definition) is 1. The summed E-state index contributed by atoms with van der Waals surface area (Å²) in [6.45, 7) is 1.76. The predicted molar refractivity (Wildman–Crippen MR) is 77.6 cm³/mol. The minimum atomic E-state index is -0.786. The average Bonchev–Trinajstić information content (AvgIpc) is 3.04. The lowest BCUT2D eigenvalue weighted by Gasteiger charge is -2.22. The van der Waals surface area contributed by atoms with Gasteiger partial charge in [0.2, 0.25) is 5.91 Å². The fourth-order valence-corrected chi connectivity index (χ4v) is 2.67. The third-order valence-corrected chi connectivity index (χ3v) is 4.31. The summed E-state index contributed by atoms with van der Waals surface area (Å²) in [6, 6.07) is 5.62. The number of rotatable bonds is 6. The van der Waals surface area contributed by atoms with E-state index < -0.39 is 5.54 Å². The molecule has 0 saturated heterocycles. The van der Waals surface area contributed by atoms with Crippen molar-refractivity contribution in [3.8, 4) is 17.7 Å². The van der Waals surface area contributed by atoms with Crippen molar-refractivity contribution in [2.75, 3.05) is 5.75 Å². The highest BCUT2D eigenvalue weighted by Gasteiger charge is 2.42. The second-order valence-corrected chi connectivity index (χ2v) is 6.20. The summed E-state index contributed by atoms with van der Waals surface area (Å²) in [5.41, 5.74) is -0.786. The van der Waals surface area contributed by atoms with E-state index in [2.05, 4.69) is 21.6 Å². The first-order valence-electron chi connectivity index (χ1n) is 6.83. The van der Waals surface area contributed by atoms with Crippen LogP contribution in [0.3, 0.4) is 0 Å². The molecule has 0 spiro atoms. The highest BCUT2D eigenvalue weighted by atomic mass is 32.2. The first-order chi connectivity index (χ1) is 10.6. The van der Waals surface area contributed by atoms with Gasteiger partial charge in [0.25, 0.3) is 11.1 Å². The van der Waals surface area contributed by atoms with Crippen LogP contribution in [0.15, 0.2) is 32.5 Å². The third kappa shape index (κ3) is 3.14. The summed E-state index contributed by atoms with van der Waals surface area (Å²) in [4.78, 5) is 12.0.